The SMILES string of the molecule is C1=Cc2cccc3c2[C@@H](C1)CC3. The summed E-state index contributed by atoms with van der Waals surface area (Å²) in [5.41, 5.74) is 4.73. The molecule has 2 aliphatic rings. The topological polar surface area (TPSA) is 0 Å². The van der Waals surface area contributed by atoms with Gasteiger partial charge in [0.15, 0.2) is 0 Å². The first-order chi connectivity index (χ1) is 5.95. The Bertz CT molecular complexity index is 347. The summed E-state index contributed by atoms with van der Waals surface area (Å²) in [7, 11) is 0. The molecule has 3 rings (SSSR count). The lowest BCUT2D eigenvalue weighted by Crippen LogP contribution is -1.98. The Kier molecular flexibility index (Phi) is 1.20. The van der Waals surface area contributed by atoms with Crippen molar-refractivity contribution in [3.05, 3.63) is 41.0 Å². The molecule has 12 heavy (non-hydrogen) atoms. The largest absolute Gasteiger partial charge is 0.0833 e. The highest BCUT2D eigenvalue weighted by Gasteiger charge is 2.25. The van der Waals surface area contributed by atoms with E-state index in [4.69, 9.17) is 0 Å². The summed E-state index contributed by atoms with van der Waals surface area (Å²) in [4.78, 5) is 0. The van der Waals surface area contributed by atoms with E-state index in [9.17, 15) is 0 Å². The average Bonchev–Trinajstić information content (AvgIpc) is 2.52. The van der Waals surface area contributed by atoms with E-state index < -0.39 is 0 Å². The third-order valence-corrected chi connectivity index (χ3v) is 3.12. The van der Waals surface area contributed by atoms with E-state index in [0.29, 0.717) is 0 Å². The second kappa shape index (κ2) is 2.22. The van der Waals surface area contributed by atoms with E-state index in [2.05, 4.69) is 30.4 Å². The Hall–Kier alpha value is -1.04. The van der Waals surface area contributed by atoms with E-state index in [1.807, 2.05) is 0 Å². The molecule has 1 aromatic carbocycles. The first-order valence-electron chi connectivity index (χ1n) is 4.73. The average molecular weight is 156 g/mol. The van der Waals surface area contributed by atoms with Gasteiger partial charge in [0.25, 0.3) is 0 Å². The van der Waals surface area contributed by atoms with Crippen molar-refractivity contribution >= 4 is 6.08 Å². The van der Waals surface area contributed by atoms with Crippen molar-refractivity contribution in [2.24, 2.45) is 0 Å². The van der Waals surface area contributed by atoms with Crippen LogP contribution in [0.3, 0.4) is 0 Å². The molecule has 1 aromatic rings. The summed E-state index contributed by atoms with van der Waals surface area (Å²) >= 11 is 0. The van der Waals surface area contributed by atoms with Crippen LogP contribution in [0.1, 0.15) is 35.4 Å². The number of rotatable bonds is 0. The first kappa shape index (κ1) is 6.47. The fourth-order valence-corrected chi connectivity index (χ4v) is 2.56. The van der Waals surface area contributed by atoms with Gasteiger partial charge in [0.2, 0.25) is 0 Å². The number of hydrogen-bond donors (Lipinski definition) is 0. The highest BCUT2D eigenvalue weighted by molar-refractivity contribution is 5.61. The van der Waals surface area contributed by atoms with Gasteiger partial charge in [-0.1, -0.05) is 30.4 Å². The van der Waals surface area contributed by atoms with Crippen molar-refractivity contribution in [3.63, 3.8) is 0 Å². The van der Waals surface area contributed by atoms with Crippen LogP contribution in [0.5, 0.6) is 0 Å². The Morgan fingerprint density at radius 2 is 2.25 bits per heavy atom. The van der Waals surface area contributed by atoms with E-state index in [1.165, 1.54) is 24.8 Å². The lowest BCUT2D eigenvalue weighted by Gasteiger charge is -2.16. The van der Waals surface area contributed by atoms with Gasteiger partial charge < -0.3 is 0 Å². The minimum Gasteiger partial charge on any atom is -0.0833 e. The molecule has 60 valence electrons. The van der Waals surface area contributed by atoms with Crippen molar-refractivity contribution in [2.45, 2.75) is 25.2 Å². The quantitative estimate of drug-likeness (QED) is 0.541. The van der Waals surface area contributed by atoms with Gasteiger partial charge >= 0.3 is 0 Å². The molecule has 0 aromatic heterocycles. The Morgan fingerprint density at radius 3 is 3.25 bits per heavy atom. The molecular formula is C12H12. The first-order valence-corrected chi connectivity index (χ1v) is 4.73. The number of aryl methyl sites for hydroxylation is 1. The fraction of sp³-hybridized carbons (Fsp3) is 0.333. The second-order valence-electron chi connectivity index (χ2n) is 3.79. The molecule has 0 heteroatoms. The van der Waals surface area contributed by atoms with Crippen LogP contribution >= 0.6 is 0 Å². The number of hydrogen-bond acceptors (Lipinski definition) is 0. The van der Waals surface area contributed by atoms with Gasteiger partial charge in [-0.3, -0.25) is 0 Å². The van der Waals surface area contributed by atoms with Crippen LogP contribution in [0, 0.1) is 0 Å². The third kappa shape index (κ3) is 0.726. The molecule has 0 saturated carbocycles. The molecule has 0 radical (unpaired) electrons. The summed E-state index contributed by atoms with van der Waals surface area (Å²) in [5.74, 6) is 0.848. The molecule has 2 aliphatic carbocycles. The summed E-state index contributed by atoms with van der Waals surface area (Å²) < 4.78 is 0. The molecule has 0 nitrogen and oxygen atoms in total. The van der Waals surface area contributed by atoms with E-state index in [-0.39, 0.29) is 0 Å². The summed E-state index contributed by atoms with van der Waals surface area (Å²) in [6.45, 7) is 0. The molecule has 0 amide bonds. The predicted molar refractivity (Wildman–Crippen MR) is 51.2 cm³/mol. The zero-order valence-electron chi connectivity index (χ0n) is 7.09. The minimum atomic E-state index is 0.848. The van der Waals surface area contributed by atoms with Crippen LogP contribution < -0.4 is 0 Å². The van der Waals surface area contributed by atoms with Crippen LogP contribution in [0.4, 0.5) is 0 Å². The van der Waals surface area contributed by atoms with Crippen molar-refractivity contribution in [3.8, 4) is 0 Å². The van der Waals surface area contributed by atoms with Crippen LogP contribution in [-0.4, -0.2) is 0 Å². The Labute approximate surface area is 72.9 Å². The molecule has 0 aliphatic heterocycles. The van der Waals surface area contributed by atoms with E-state index in [0.717, 1.165) is 5.92 Å². The van der Waals surface area contributed by atoms with Crippen molar-refractivity contribution in [2.75, 3.05) is 0 Å². The molecule has 0 bridgehead atoms. The smallest absolute Gasteiger partial charge is 0.0115 e. The maximum absolute atomic E-state index is 2.32. The molecule has 0 saturated heterocycles. The molecule has 0 N–H and O–H groups in total. The zero-order chi connectivity index (χ0) is 7.97. The monoisotopic (exact) mass is 156 g/mol. The van der Waals surface area contributed by atoms with Crippen LogP contribution in [-0.2, 0) is 6.42 Å². The van der Waals surface area contributed by atoms with Gasteiger partial charge in [0.05, 0.1) is 0 Å². The van der Waals surface area contributed by atoms with Gasteiger partial charge in [0.1, 0.15) is 0 Å². The molecule has 0 heterocycles. The highest BCUT2D eigenvalue weighted by Crippen LogP contribution is 2.40. The van der Waals surface area contributed by atoms with Crippen molar-refractivity contribution in [1.82, 2.24) is 0 Å². The summed E-state index contributed by atoms with van der Waals surface area (Å²) in [5, 5.41) is 0. The van der Waals surface area contributed by atoms with E-state index >= 15 is 0 Å². The molecular weight excluding hydrogens is 144 g/mol. The lowest BCUT2D eigenvalue weighted by molar-refractivity contribution is 0.684. The number of allylic oxidation sites excluding steroid dienone is 1. The Balaban J connectivity index is 2.30. The number of benzene rings is 1. The zero-order valence-corrected chi connectivity index (χ0v) is 7.09. The maximum atomic E-state index is 2.32. The molecule has 0 unspecified atom stereocenters. The molecule has 1 atom stereocenters. The highest BCUT2D eigenvalue weighted by atomic mass is 14.3. The fourth-order valence-electron chi connectivity index (χ4n) is 2.56. The molecule has 0 fully saturated rings. The maximum Gasteiger partial charge on any atom is -0.0115 e. The van der Waals surface area contributed by atoms with Crippen LogP contribution in [0.25, 0.3) is 6.08 Å². The van der Waals surface area contributed by atoms with Crippen molar-refractivity contribution < 1.29 is 0 Å². The van der Waals surface area contributed by atoms with Gasteiger partial charge in [-0.15, -0.1) is 0 Å². The second-order valence-corrected chi connectivity index (χ2v) is 3.79. The Morgan fingerprint density at radius 1 is 1.25 bits per heavy atom. The van der Waals surface area contributed by atoms with Gasteiger partial charge in [0, 0.05) is 0 Å². The van der Waals surface area contributed by atoms with Gasteiger partial charge in [-0.2, -0.15) is 0 Å². The van der Waals surface area contributed by atoms with Gasteiger partial charge in [-0.25, -0.2) is 0 Å². The van der Waals surface area contributed by atoms with Crippen LogP contribution in [0.15, 0.2) is 24.3 Å². The predicted octanol–water partition coefficient (Wildman–Crippen LogP) is 3.13. The standard InChI is InChI=1S/C12H12/c1-3-9-4-2-6-11-8-7-10(5-1)12(9)11/h1-5,11H,6-8H2/t11-/m0/s1. The molecule has 0 spiro atoms. The summed E-state index contributed by atoms with van der Waals surface area (Å²) in [6.07, 6.45) is 8.54. The van der Waals surface area contributed by atoms with Crippen molar-refractivity contribution in [1.29, 1.82) is 0 Å². The van der Waals surface area contributed by atoms with Crippen LogP contribution in [0.2, 0.25) is 0 Å². The minimum absolute atomic E-state index is 0.848. The van der Waals surface area contributed by atoms with E-state index in [1.54, 1.807) is 11.1 Å². The normalized spacial score (nSPS) is 24.2. The third-order valence-electron chi connectivity index (χ3n) is 3.12. The lowest BCUT2D eigenvalue weighted by atomic mass is 9.89. The summed E-state index contributed by atoms with van der Waals surface area (Å²) in [6, 6.07) is 6.72. The van der Waals surface area contributed by atoms with Gasteiger partial charge in [-0.05, 0) is 41.9 Å².